The number of hydrogen-bond acceptors (Lipinski definition) is 4. The molecule has 4 nitrogen and oxygen atoms in total. The monoisotopic (exact) mass is 307 g/mol. The molecule has 0 fully saturated rings. The minimum Gasteiger partial charge on any atom is -0.497 e. The minimum atomic E-state index is -0.419. The lowest BCUT2D eigenvalue weighted by molar-refractivity contribution is 0.414. The largest absolute Gasteiger partial charge is 0.497 e. The number of methoxy groups -OCH3 is 1. The van der Waals surface area contributed by atoms with Crippen molar-refractivity contribution in [3.05, 3.63) is 59.5 Å². The Morgan fingerprint density at radius 1 is 1.17 bits per heavy atom. The fraction of sp³-hybridized carbons (Fsp3) is 0.111. The zero-order chi connectivity index (χ0) is 16.2. The van der Waals surface area contributed by atoms with Gasteiger partial charge in [0.25, 0.3) is 0 Å². The third-order valence-corrected chi connectivity index (χ3v) is 3.42. The molecule has 23 heavy (non-hydrogen) atoms. The van der Waals surface area contributed by atoms with E-state index in [0.29, 0.717) is 18.0 Å². The normalized spacial score (nSPS) is 10.3. The minimum absolute atomic E-state index is 0.241. The van der Waals surface area contributed by atoms with Gasteiger partial charge in [-0.15, -0.1) is 6.42 Å². The third-order valence-electron chi connectivity index (χ3n) is 3.42. The Labute approximate surface area is 133 Å². The van der Waals surface area contributed by atoms with Crippen molar-refractivity contribution in [3.8, 4) is 18.1 Å². The van der Waals surface area contributed by atoms with Crippen molar-refractivity contribution in [3.63, 3.8) is 0 Å². The van der Waals surface area contributed by atoms with E-state index in [0.717, 1.165) is 11.3 Å². The Morgan fingerprint density at radius 2 is 1.96 bits per heavy atom. The second kappa shape index (κ2) is 6.32. The van der Waals surface area contributed by atoms with Crippen LogP contribution in [-0.4, -0.2) is 17.1 Å². The number of aromatic nitrogens is 2. The summed E-state index contributed by atoms with van der Waals surface area (Å²) in [7, 11) is 1.62. The van der Waals surface area contributed by atoms with Crippen LogP contribution in [-0.2, 0) is 6.54 Å². The number of nitrogens with one attached hydrogen (secondary N) is 1. The summed E-state index contributed by atoms with van der Waals surface area (Å²) in [5.41, 5.74) is 1.76. The zero-order valence-electron chi connectivity index (χ0n) is 12.5. The zero-order valence-corrected chi connectivity index (χ0v) is 12.5. The fourth-order valence-corrected chi connectivity index (χ4v) is 2.25. The van der Waals surface area contributed by atoms with Gasteiger partial charge in [0.05, 0.1) is 18.0 Å². The van der Waals surface area contributed by atoms with Crippen LogP contribution in [0.1, 0.15) is 11.3 Å². The van der Waals surface area contributed by atoms with E-state index >= 15 is 0 Å². The van der Waals surface area contributed by atoms with Gasteiger partial charge in [0.15, 0.2) is 0 Å². The van der Waals surface area contributed by atoms with Crippen LogP contribution in [0.15, 0.2) is 42.5 Å². The molecular weight excluding hydrogens is 293 g/mol. The Kier molecular flexibility index (Phi) is 4.07. The van der Waals surface area contributed by atoms with Crippen LogP contribution in [0.5, 0.6) is 5.75 Å². The van der Waals surface area contributed by atoms with Crippen molar-refractivity contribution >= 4 is 16.9 Å². The maximum atomic E-state index is 13.9. The molecule has 1 N–H and O–H groups in total. The predicted molar refractivity (Wildman–Crippen MR) is 87.8 cm³/mol. The van der Waals surface area contributed by atoms with Crippen molar-refractivity contribution in [2.24, 2.45) is 0 Å². The number of fused-ring (bicyclic) bond motifs is 1. The van der Waals surface area contributed by atoms with Gasteiger partial charge in [0.2, 0.25) is 5.95 Å². The van der Waals surface area contributed by atoms with Gasteiger partial charge in [0, 0.05) is 6.54 Å². The van der Waals surface area contributed by atoms with E-state index in [4.69, 9.17) is 11.2 Å². The summed E-state index contributed by atoms with van der Waals surface area (Å²) in [6.45, 7) is 0.523. The molecule has 0 spiro atoms. The topological polar surface area (TPSA) is 47.0 Å². The second-order valence-electron chi connectivity index (χ2n) is 4.88. The number of terminal acetylenes is 1. The maximum absolute atomic E-state index is 13.9. The molecule has 5 heteroatoms. The summed E-state index contributed by atoms with van der Waals surface area (Å²) in [5, 5.41) is 3.37. The first-order chi connectivity index (χ1) is 11.2. The summed E-state index contributed by atoms with van der Waals surface area (Å²) in [5.74, 6) is 3.16. The van der Waals surface area contributed by atoms with Crippen molar-refractivity contribution in [2.45, 2.75) is 6.54 Å². The van der Waals surface area contributed by atoms with Gasteiger partial charge < -0.3 is 10.1 Å². The van der Waals surface area contributed by atoms with E-state index < -0.39 is 5.82 Å². The summed E-state index contributed by atoms with van der Waals surface area (Å²) in [6, 6.07) is 12.3. The van der Waals surface area contributed by atoms with Gasteiger partial charge in [-0.05, 0) is 35.7 Å². The van der Waals surface area contributed by atoms with Crippen LogP contribution < -0.4 is 10.1 Å². The number of anilines is 1. The average Bonchev–Trinajstić information content (AvgIpc) is 2.59. The first-order valence-corrected chi connectivity index (χ1v) is 7.01. The summed E-state index contributed by atoms with van der Waals surface area (Å²) in [6.07, 6.45) is 5.44. The van der Waals surface area contributed by atoms with Crippen LogP contribution in [0.4, 0.5) is 10.3 Å². The number of rotatable bonds is 4. The Morgan fingerprint density at radius 3 is 2.65 bits per heavy atom. The maximum Gasteiger partial charge on any atom is 0.224 e. The smallest absolute Gasteiger partial charge is 0.224 e. The van der Waals surface area contributed by atoms with Crippen molar-refractivity contribution in [1.29, 1.82) is 0 Å². The molecule has 2 aromatic carbocycles. The second-order valence-corrected chi connectivity index (χ2v) is 4.88. The molecule has 0 atom stereocenters. The van der Waals surface area contributed by atoms with Crippen molar-refractivity contribution in [2.75, 3.05) is 12.4 Å². The lowest BCUT2D eigenvalue weighted by Gasteiger charge is -2.08. The van der Waals surface area contributed by atoms with Crippen LogP contribution in [0.2, 0.25) is 0 Å². The quantitative estimate of drug-likeness (QED) is 0.751. The van der Waals surface area contributed by atoms with E-state index in [1.165, 1.54) is 6.07 Å². The van der Waals surface area contributed by atoms with Gasteiger partial charge in [-0.2, -0.15) is 0 Å². The standard InChI is InChI=1S/C18H14FN3O/c1-3-15-17-14(19)5-4-6-16(17)22-18(21-15)20-11-12-7-9-13(23-2)10-8-12/h1,4-10H,11H2,2H3,(H,20,21,22). The van der Waals surface area contributed by atoms with Gasteiger partial charge in [-0.25, -0.2) is 14.4 Å². The molecule has 0 amide bonds. The summed E-state index contributed by atoms with van der Waals surface area (Å²) in [4.78, 5) is 8.52. The molecule has 3 aromatic rings. The number of hydrogen-bond donors (Lipinski definition) is 1. The van der Waals surface area contributed by atoms with E-state index in [1.807, 2.05) is 24.3 Å². The molecule has 1 aromatic heterocycles. The molecule has 0 aliphatic carbocycles. The molecule has 0 aliphatic rings. The average molecular weight is 307 g/mol. The molecule has 0 aliphatic heterocycles. The van der Waals surface area contributed by atoms with Crippen LogP contribution in [0, 0.1) is 18.2 Å². The highest BCUT2D eigenvalue weighted by Crippen LogP contribution is 2.21. The number of nitrogens with zero attached hydrogens (tertiary/aromatic N) is 2. The van der Waals surface area contributed by atoms with E-state index in [9.17, 15) is 4.39 Å². The number of ether oxygens (including phenoxy) is 1. The highest BCUT2D eigenvalue weighted by atomic mass is 19.1. The van der Waals surface area contributed by atoms with Crippen LogP contribution >= 0.6 is 0 Å². The lowest BCUT2D eigenvalue weighted by Crippen LogP contribution is -2.05. The van der Waals surface area contributed by atoms with Gasteiger partial charge in [0.1, 0.15) is 17.3 Å². The summed E-state index contributed by atoms with van der Waals surface area (Å²) >= 11 is 0. The van der Waals surface area contributed by atoms with Gasteiger partial charge in [-0.3, -0.25) is 0 Å². The van der Waals surface area contributed by atoms with Gasteiger partial charge >= 0.3 is 0 Å². The number of halogens is 1. The third kappa shape index (κ3) is 3.06. The molecule has 3 rings (SSSR count). The molecule has 114 valence electrons. The highest BCUT2D eigenvalue weighted by Gasteiger charge is 2.10. The first kappa shape index (κ1) is 14.8. The van der Waals surface area contributed by atoms with E-state index in [1.54, 1.807) is 19.2 Å². The Hall–Kier alpha value is -3.13. The van der Waals surface area contributed by atoms with Crippen molar-refractivity contribution < 1.29 is 9.13 Å². The Balaban J connectivity index is 1.87. The lowest BCUT2D eigenvalue weighted by atomic mass is 10.2. The number of benzene rings is 2. The van der Waals surface area contributed by atoms with Crippen LogP contribution in [0.25, 0.3) is 10.9 Å². The predicted octanol–water partition coefficient (Wildman–Crippen LogP) is 3.37. The molecule has 0 saturated heterocycles. The SMILES string of the molecule is C#Cc1nc(NCc2ccc(OC)cc2)nc2cccc(F)c12. The van der Waals surface area contributed by atoms with E-state index in [-0.39, 0.29) is 11.1 Å². The molecule has 0 radical (unpaired) electrons. The van der Waals surface area contributed by atoms with Gasteiger partial charge in [-0.1, -0.05) is 18.2 Å². The molecule has 0 unspecified atom stereocenters. The molecular formula is C18H14FN3O. The summed E-state index contributed by atoms with van der Waals surface area (Å²) < 4.78 is 19.0. The molecule has 1 heterocycles. The molecule has 0 saturated carbocycles. The fourth-order valence-electron chi connectivity index (χ4n) is 2.25. The van der Waals surface area contributed by atoms with Crippen LogP contribution in [0.3, 0.4) is 0 Å². The van der Waals surface area contributed by atoms with E-state index in [2.05, 4.69) is 21.2 Å². The first-order valence-electron chi connectivity index (χ1n) is 7.01. The molecule has 0 bridgehead atoms. The Bertz CT molecular complexity index is 885. The van der Waals surface area contributed by atoms with Crippen molar-refractivity contribution in [1.82, 2.24) is 9.97 Å². The highest BCUT2D eigenvalue weighted by molar-refractivity contribution is 5.85.